The third-order valence-corrected chi connectivity index (χ3v) is 5.34. The second-order valence-electron chi connectivity index (χ2n) is 7.58. The molecule has 6 heteroatoms. The van der Waals surface area contributed by atoms with Gasteiger partial charge in [0.15, 0.2) is 0 Å². The zero-order valence-corrected chi connectivity index (χ0v) is 15.4. The first-order valence-electron chi connectivity index (χ1n) is 8.44. The maximum Gasteiger partial charge on any atom is 0.315 e. The molecule has 0 radical (unpaired) electrons. The summed E-state index contributed by atoms with van der Waals surface area (Å²) in [6, 6.07) is -0.266. The van der Waals surface area contributed by atoms with Crippen LogP contribution in [-0.4, -0.2) is 28.8 Å². The maximum atomic E-state index is 12.0. The van der Waals surface area contributed by atoms with Crippen LogP contribution in [0.4, 0.5) is 4.79 Å². The van der Waals surface area contributed by atoms with Gasteiger partial charge in [0.1, 0.15) is 5.01 Å². The Bertz CT molecular complexity index is 524. The van der Waals surface area contributed by atoms with Crippen molar-refractivity contribution in [3.63, 3.8) is 0 Å². The predicted molar refractivity (Wildman–Crippen MR) is 93.7 cm³/mol. The Kier molecular flexibility index (Phi) is 6.03. The van der Waals surface area contributed by atoms with Crippen molar-refractivity contribution in [3.05, 3.63) is 16.1 Å². The van der Waals surface area contributed by atoms with E-state index in [1.54, 1.807) is 11.3 Å². The zero-order valence-electron chi connectivity index (χ0n) is 14.6. The number of urea groups is 1. The van der Waals surface area contributed by atoms with Crippen LogP contribution in [0.3, 0.4) is 0 Å². The number of thiazole rings is 1. The van der Waals surface area contributed by atoms with Gasteiger partial charge in [0.05, 0.1) is 17.8 Å². The first kappa shape index (κ1) is 18.2. The number of carbonyl (C=O) groups excluding carboxylic acids is 1. The van der Waals surface area contributed by atoms with Crippen LogP contribution in [0.2, 0.25) is 0 Å². The molecule has 130 valence electrons. The molecule has 1 fully saturated rings. The third-order valence-electron chi connectivity index (χ3n) is 4.31. The van der Waals surface area contributed by atoms with Gasteiger partial charge in [-0.3, -0.25) is 0 Å². The van der Waals surface area contributed by atoms with Crippen LogP contribution in [0, 0.1) is 5.92 Å². The molecule has 3 atom stereocenters. The fourth-order valence-electron chi connectivity index (χ4n) is 2.83. The molecule has 2 rings (SSSR count). The van der Waals surface area contributed by atoms with E-state index < -0.39 is 0 Å². The van der Waals surface area contributed by atoms with Crippen LogP contribution in [0.15, 0.2) is 5.38 Å². The second-order valence-corrected chi connectivity index (χ2v) is 8.47. The lowest BCUT2D eigenvalue weighted by atomic mass is 9.87. The summed E-state index contributed by atoms with van der Waals surface area (Å²) in [7, 11) is 0. The Labute approximate surface area is 142 Å². The van der Waals surface area contributed by atoms with Crippen LogP contribution >= 0.6 is 11.3 Å². The van der Waals surface area contributed by atoms with E-state index in [1.807, 2.05) is 6.92 Å². The van der Waals surface area contributed by atoms with E-state index in [2.05, 4.69) is 41.8 Å². The molecule has 0 aromatic carbocycles. The number of aromatic nitrogens is 1. The van der Waals surface area contributed by atoms with Gasteiger partial charge in [-0.15, -0.1) is 11.3 Å². The standard InChI is InChI=1S/C17H29N3O2S/c1-11(15-20-14(10-23-15)17(2,3)4)19-16(22)18-9-12-6-5-7-13(21)8-12/h10-13,21H,5-9H2,1-4H3,(H2,18,19,22). The van der Waals surface area contributed by atoms with Crippen molar-refractivity contribution >= 4 is 17.4 Å². The number of hydrogen-bond acceptors (Lipinski definition) is 4. The van der Waals surface area contributed by atoms with Crippen molar-refractivity contribution in [2.24, 2.45) is 5.92 Å². The SMILES string of the molecule is CC(NC(=O)NCC1CCCC(O)C1)c1nc(C(C)(C)C)cs1. The molecule has 0 aliphatic heterocycles. The quantitative estimate of drug-likeness (QED) is 0.787. The predicted octanol–water partition coefficient (Wildman–Crippen LogP) is 3.35. The van der Waals surface area contributed by atoms with Crippen LogP contribution in [0.1, 0.15) is 70.1 Å². The largest absolute Gasteiger partial charge is 0.393 e. The molecule has 0 spiro atoms. The minimum absolute atomic E-state index is 0.0263. The average Bonchev–Trinajstić information content (AvgIpc) is 2.95. The van der Waals surface area contributed by atoms with Crippen molar-refractivity contribution in [1.29, 1.82) is 0 Å². The molecule has 1 aromatic rings. The van der Waals surface area contributed by atoms with E-state index in [1.165, 1.54) is 0 Å². The van der Waals surface area contributed by atoms with Crippen LogP contribution in [0.5, 0.6) is 0 Å². The summed E-state index contributed by atoms with van der Waals surface area (Å²) in [6.45, 7) is 8.98. The number of aliphatic hydroxyl groups is 1. The highest BCUT2D eigenvalue weighted by Gasteiger charge is 2.22. The summed E-state index contributed by atoms with van der Waals surface area (Å²) in [5.41, 5.74) is 1.08. The van der Waals surface area contributed by atoms with Gasteiger partial charge >= 0.3 is 6.03 Å². The number of nitrogens with zero attached hydrogens (tertiary/aromatic N) is 1. The number of carbonyl (C=O) groups is 1. The average molecular weight is 340 g/mol. The van der Waals surface area contributed by atoms with Crippen LogP contribution in [0.25, 0.3) is 0 Å². The lowest BCUT2D eigenvalue weighted by molar-refractivity contribution is 0.101. The summed E-state index contributed by atoms with van der Waals surface area (Å²) in [6.07, 6.45) is 3.59. The van der Waals surface area contributed by atoms with E-state index in [9.17, 15) is 9.90 Å². The molecule has 1 saturated carbocycles. The lowest BCUT2D eigenvalue weighted by Gasteiger charge is -2.26. The van der Waals surface area contributed by atoms with Crippen LogP contribution in [-0.2, 0) is 5.41 Å². The Morgan fingerprint density at radius 1 is 1.48 bits per heavy atom. The molecule has 0 bridgehead atoms. The van der Waals surface area contributed by atoms with Gasteiger partial charge < -0.3 is 15.7 Å². The van der Waals surface area contributed by atoms with Gasteiger partial charge in [0, 0.05) is 17.3 Å². The van der Waals surface area contributed by atoms with Crippen molar-refractivity contribution in [2.75, 3.05) is 6.54 Å². The van der Waals surface area contributed by atoms with Gasteiger partial charge in [-0.1, -0.05) is 27.2 Å². The zero-order chi connectivity index (χ0) is 17.0. The lowest BCUT2D eigenvalue weighted by Crippen LogP contribution is -2.40. The molecule has 5 nitrogen and oxygen atoms in total. The van der Waals surface area contributed by atoms with Crippen LogP contribution < -0.4 is 10.6 Å². The second kappa shape index (κ2) is 7.62. The van der Waals surface area contributed by atoms with E-state index in [4.69, 9.17) is 0 Å². The fourth-order valence-corrected chi connectivity index (χ4v) is 3.88. The normalized spacial score (nSPS) is 23.3. The van der Waals surface area contributed by atoms with Crippen molar-refractivity contribution in [1.82, 2.24) is 15.6 Å². The Hall–Kier alpha value is -1.14. The van der Waals surface area contributed by atoms with Gasteiger partial charge in [-0.2, -0.15) is 0 Å². The first-order chi connectivity index (χ1) is 10.8. The molecule has 0 saturated heterocycles. The summed E-state index contributed by atoms with van der Waals surface area (Å²) in [5, 5.41) is 18.5. The third kappa shape index (κ3) is 5.46. The minimum atomic E-state index is -0.205. The Morgan fingerprint density at radius 3 is 2.83 bits per heavy atom. The van der Waals surface area contributed by atoms with Gasteiger partial charge in [0.25, 0.3) is 0 Å². The van der Waals surface area contributed by atoms with Crippen molar-refractivity contribution < 1.29 is 9.90 Å². The van der Waals surface area contributed by atoms with E-state index in [0.29, 0.717) is 12.5 Å². The first-order valence-corrected chi connectivity index (χ1v) is 9.32. The molecular weight excluding hydrogens is 310 g/mol. The minimum Gasteiger partial charge on any atom is -0.393 e. The van der Waals surface area contributed by atoms with Gasteiger partial charge in [-0.25, -0.2) is 9.78 Å². The molecule has 1 aromatic heterocycles. The van der Waals surface area contributed by atoms with Crippen molar-refractivity contribution in [2.45, 2.75) is 70.9 Å². The Balaban J connectivity index is 1.79. The summed E-state index contributed by atoms with van der Waals surface area (Å²) < 4.78 is 0. The number of hydrogen-bond donors (Lipinski definition) is 3. The number of nitrogens with one attached hydrogen (secondary N) is 2. The maximum absolute atomic E-state index is 12.0. The fraction of sp³-hybridized carbons (Fsp3) is 0.765. The van der Waals surface area contributed by atoms with E-state index >= 15 is 0 Å². The molecule has 23 heavy (non-hydrogen) atoms. The number of amides is 2. The molecule has 1 aliphatic rings. The summed E-state index contributed by atoms with van der Waals surface area (Å²) in [4.78, 5) is 16.7. The van der Waals surface area contributed by atoms with E-state index in [0.717, 1.165) is 36.4 Å². The Morgan fingerprint density at radius 2 is 2.22 bits per heavy atom. The molecule has 2 amide bonds. The molecule has 3 N–H and O–H groups in total. The highest BCUT2D eigenvalue weighted by atomic mass is 32.1. The number of rotatable bonds is 4. The molecule has 1 aliphatic carbocycles. The molecule has 1 heterocycles. The van der Waals surface area contributed by atoms with E-state index in [-0.39, 0.29) is 23.6 Å². The van der Waals surface area contributed by atoms with Gasteiger partial charge in [0.2, 0.25) is 0 Å². The highest BCUT2D eigenvalue weighted by Crippen LogP contribution is 2.27. The summed E-state index contributed by atoms with van der Waals surface area (Å²) >= 11 is 1.59. The highest BCUT2D eigenvalue weighted by molar-refractivity contribution is 7.09. The van der Waals surface area contributed by atoms with Crippen molar-refractivity contribution in [3.8, 4) is 0 Å². The van der Waals surface area contributed by atoms with Gasteiger partial charge in [-0.05, 0) is 32.1 Å². The molecular formula is C17H29N3O2S. The topological polar surface area (TPSA) is 74.2 Å². The number of aliphatic hydroxyl groups excluding tert-OH is 1. The molecule has 3 unspecified atom stereocenters. The summed E-state index contributed by atoms with van der Waals surface area (Å²) in [5.74, 6) is 0.382. The monoisotopic (exact) mass is 339 g/mol. The smallest absolute Gasteiger partial charge is 0.315 e.